The molecule has 0 bridgehead atoms. The zero-order chi connectivity index (χ0) is 45.1. The molecule has 3 heteroatoms. The highest BCUT2D eigenvalue weighted by Gasteiger charge is 2.35. The lowest BCUT2D eigenvalue weighted by atomic mass is 9.81. The van der Waals surface area contributed by atoms with Crippen LogP contribution in [0, 0.1) is 0 Å². The lowest BCUT2D eigenvalue weighted by Crippen LogP contribution is -2.15. The molecule has 2 aromatic heterocycles. The number of nitrogens with zero attached hydrogens (tertiary/aromatic N) is 2. The van der Waals surface area contributed by atoms with Crippen LogP contribution < -0.4 is 4.90 Å². The summed E-state index contributed by atoms with van der Waals surface area (Å²) in [4.78, 5) is 2.50. The average Bonchev–Trinajstić information content (AvgIpc) is 4.02. The van der Waals surface area contributed by atoms with Gasteiger partial charge in [0.05, 0.1) is 33.7 Å². The fraction of sp³-hybridized carbons (Fsp3) is 0.0462. The Morgan fingerprint density at radius 1 is 0.397 bits per heavy atom. The van der Waals surface area contributed by atoms with Crippen LogP contribution in [-0.4, -0.2) is 4.57 Å². The second kappa shape index (κ2) is 14.7. The Labute approximate surface area is 394 Å². The summed E-state index contributed by atoms with van der Waals surface area (Å²) in [6.07, 6.45) is 0. The topological polar surface area (TPSA) is 21.3 Å². The van der Waals surface area contributed by atoms with E-state index in [0.29, 0.717) is 0 Å². The molecule has 14 rings (SSSR count). The first-order chi connectivity index (χ1) is 33.5. The number of fused-ring (bicyclic) bond motifs is 12. The standard InChI is InChI=1S/C65H44N2O/c1-65(2)55-29-12-7-23-47(55)48-35-34-42(39-56(48)65)41-19-17-20-44(38-41)66(61-40-43-18-3-4-21-45(43)46-22-5-6-24-49(46)61)60-37-36-53-52-27-11-16-33-62(52)68-64(53)63(60)54-28-10-15-32-59(54)67-57-30-13-8-25-50(57)51-26-9-14-31-58(51)67/h3-40H,1-2H3. The van der Waals surface area contributed by atoms with Crippen molar-refractivity contribution in [1.29, 1.82) is 0 Å². The van der Waals surface area contributed by atoms with Crippen molar-refractivity contribution in [2.24, 2.45) is 0 Å². The van der Waals surface area contributed by atoms with Crippen molar-refractivity contribution in [3.8, 4) is 39.1 Å². The summed E-state index contributed by atoms with van der Waals surface area (Å²) in [7, 11) is 0. The van der Waals surface area contributed by atoms with Crippen LogP contribution in [0.3, 0.4) is 0 Å². The first kappa shape index (κ1) is 38.6. The third kappa shape index (κ3) is 5.60. The monoisotopic (exact) mass is 868 g/mol. The predicted octanol–water partition coefficient (Wildman–Crippen LogP) is 18.1. The lowest BCUT2D eigenvalue weighted by molar-refractivity contribution is 0.660. The van der Waals surface area contributed by atoms with E-state index in [1.807, 2.05) is 0 Å². The molecule has 0 aliphatic heterocycles. The number of hydrogen-bond acceptors (Lipinski definition) is 2. The van der Waals surface area contributed by atoms with Gasteiger partial charge in [-0.3, -0.25) is 0 Å². The molecule has 0 atom stereocenters. The van der Waals surface area contributed by atoms with Gasteiger partial charge in [-0.1, -0.05) is 184 Å². The van der Waals surface area contributed by atoms with Gasteiger partial charge in [-0.05, 0) is 110 Å². The third-order valence-electron chi connectivity index (χ3n) is 14.8. The van der Waals surface area contributed by atoms with E-state index in [2.05, 4.69) is 254 Å². The minimum Gasteiger partial charge on any atom is -0.455 e. The van der Waals surface area contributed by atoms with Gasteiger partial charge in [-0.2, -0.15) is 0 Å². The van der Waals surface area contributed by atoms with E-state index in [-0.39, 0.29) is 5.41 Å². The van der Waals surface area contributed by atoms with Gasteiger partial charge in [0.15, 0.2) is 0 Å². The molecule has 1 aliphatic carbocycles. The molecule has 0 spiro atoms. The molecule has 68 heavy (non-hydrogen) atoms. The Kier molecular flexibility index (Phi) is 8.33. The first-order valence-corrected chi connectivity index (χ1v) is 23.6. The molecule has 0 radical (unpaired) electrons. The zero-order valence-electron chi connectivity index (χ0n) is 37.7. The summed E-state index contributed by atoms with van der Waals surface area (Å²) in [5.41, 5.74) is 18.0. The van der Waals surface area contributed by atoms with Crippen molar-refractivity contribution in [2.75, 3.05) is 4.90 Å². The van der Waals surface area contributed by atoms with Crippen LogP contribution in [0.1, 0.15) is 25.0 Å². The second-order valence-corrected chi connectivity index (χ2v) is 18.8. The van der Waals surface area contributed by atoms with Crippen molar-refractivity contribution in [1.82, 2.24) is 4.57 Å². The summed E-state index contributed by atoms with van der Waals surface area (Å²) in [6, 6.07) is 84.5. The van der Waals surface area contributed by atoms with Gasteiger partial charge in [0.25, 0.3) is 0 Å². The van der Waals surface area contributed by atoms with Crippen molar-refractivity contribution >= 4 is 82.4 Å². The molecule has 0 amide bonds. The van der Waals surface area contributed by atoms with E-state index in [1.165, 1.54) is 60.1 Å². The van der Waals surface area contributed by atoms with Crippen molar-refractivity contribution in [3.63, 3.8) is 0 Å². The minimum atomic E-state index is -0.115. The van der Waals surface area contributed by atoms with E-state index >= 15 is 0 Å². The molecule has 13 aromatic rings. The van der Waals surface area contributed by atoms with Gasteiger partial charge in [0.2, 0.25) is 0 Å². The number of para-hydroxylation sites is 4. The van der Waals surface area contributed by atoms with Gasteiger partial charge in [0, 0.05) is 43.6 Å². The number of benzene rings is 11. The molecular formula is C65H44N2O. The van der Waals surface area contributed by atoms with Crippen LogP contribution >= 0.6 is 0 Å². The smallest absolute Gasteiger partial charge is 0.145 e. The van der Waals surface area contributed by atoms with Crippen LogP contribution in [0.15, 0.2) is 235 Å². The van der Waals surface area contributed by atoms with E-state index in [4.69, 9.17) is 4.42 Å². The van der Waals surface area contributed by atoms with Crippen molar-refractivity contribution in [2.45, 2.75) is 19.3 Å². The SMILES string of the molecule is CC1(C)c2ccccc2-c2ccc(-c3cccc(N(c4ccc5c(oc6ccccc65)c4-c4ccccc4-n4c5ccccc5c5ccccc54)c4cc5ccccc5c5ccccc45)c3)cc21. The summed E-state index contributed by atoms with van der Waals surface area (Å²) in [6.45, 7) is 4.72. The van der Waals surface area contributed by atoms with E-state index in [9.17, 15) is 0 Å². The number of anilines is 3. The number of hydrogen-bond donors (Lipinski definition) is 0. The van der Waals surface area contributed by atoms with Gasteiger partial charge in [-0.25, -0.2) is 0 Å². The summed E-state index contributed by atoms with van der Waals surface area (Å²) in [5, 5.41) is 9.40. The van der Waals surface area contributed by atoms with Crippen molar-refractivity contribution < 1.29 is 4.42 Å². The molecule has 3 nitrogen and oxygen atoms in total. The first-order valence-electron chi connectivity index (χ1n) is 23.6. The Balaban J connectivity index is 1.08. The van der Waals surface area contributed by atoms with Gasteiger partial charge >= 0.3 is 0 Å². The van der Waals surface area contributed by atoms with E-state index in [1.54, 1.807) is 0 Å². The van der Waals surface area contributed by atoms with Crippen LogP contribution in [0.2, 0.25) is 0 Å². The Morgan fingerprint density at radius 3 is 1.82 bits per heavy atom. The minimum absolute atomic E-state index is 0.115. The van der Waals surface area contributed by atoms with Crippen LogP contribution in [0.25, 0.3) is 104 Å². The van der Waals surface area contributed by atoms with E-state index in [0.717, 1.165) is 72.4 Å². The number of furan rings is 1. The summed E-state index contributed by atoms with van der Waals surface area (Å²) < 4.78 is 9.59. The molecule has 0 N–H and O–H groups in total. The normalized spacial score (nSPS) is 13.0. The average molecular weight is 869 g/mol. The summed E-state index contributed by atoms with van der Waals surface area (Å²) >= 11 is 0. The highest BCUT2D eigenvalue weighted by atomic mass is 16.3. The molecule has 2 heterocycles. The van der Waals surface area contributed by atoms with Crippen LogP contribution in [0.5, 0.6) is 0 Å². The number of rotatable bonds is 6. The molecule has 11 aromatic carbocycles. The van der Waals surface area contributed by atoms with Gasteiger partial charge in [-0.15, -0.1) is 0 Å². The fourth-order valence-corrected chi connectivity index (χ4v) is 11.6. The molecule has 0 saturated carbocycles. The third-order valence-corrected chi connectivity index (χ3v) is 14.8. The van der Waals surface area contributed by atoms with Crippen molar-refractivity contribution in [3.05, 3.63) is 242 Å². The van der Waals surface area contributed by atoms with E-state index < -0.39 is 0 Å². The summed E-state index contributed by atoms with van der Waals surface area (Å²) in [5.74, 6) is 0. The largest absolute Gasteiger partial charge is 0.455 e. The molecule has 320 valence electrons. The maximum atomic E-state index is 7.15. The highest BCUT2D eigenvalue weighted by molar-refractivity contribution is 6.18. The Morgan fingerprint density at radius 2 is 1.01 bits per heavy atom. The van der Waals surface area contributed by atoms with Gasteiger partial charge < -0.3 is 13.9 Å². The Hall–Kier alpha value is -8.66. The molecule has 0 saturated heterocycles. The highest BCUT2D eigenvalue weighted by Crippen LogP contribution is 2.53. The van der Waals surface area contributed by atoms with Gasteiger partial charge in [0.1, 0.15) is 11.2 Å². The lowest BCUT2D eigenvalue weighted by Gasteiger charge is -2.30. The van der Waals surface area contributed by atoms with Crippen LogP contribution in [-0.2, 0) is 5.41 Å². The number of aromatic nitrogens is 1. The fourth-order valence-electron chi connectivity index (χ4n) is 11.6. The molecule has 0 unspecified atom stereocenters. The maximum Gasteiger partial charge on any atom is 0.145 e. The second-order valence-electron chi connectivity index (χ2n) is 18.8. The van der Waals surface area contributed by atoms with Crippen LogP contribution in [0.4, 0.5) is 17.1 Å². The quantitative estimate of drug-likeness (QED) is 0.155. The zero-order valence-corrected chi connectivity index (χ0v) is 37.7. The predicted molar refractivity (Wildman–Crippen MR) is 286 cm³/mol. The molecule has 1 aliphatic rings. The Bertz CT molecular complexity index is 4150. The maximum absolute atomic E-state index is 7.15. The molecular weight excluding hydrogens is 825 g/mol. The molecule has 0 fully saturated rings.